The van der Waals surface area contributed by atoms with E-state index < -0.39 is 17.7 Å². The topological polar surface area (TPSA) is 49.2 Å². The molecular weight excluding hydrogens is 245 g/mol. The Kier molecular flexibility index (Phi) is 3.23. The summed E-state index contributed by atoms with van der Waals surface area (Å²) in [6.07, 6.45) is 0.284. The molecule has 1 aromatic heterocycles. The third kappa shape index (κ3) is 2.66. The number of hydrogen-bond acceptors (Lipinski definition) is 4. The molecule has 2 unspecified atom stereocenters. The summed E-state index contributed by atoms with van der Waals surface area (Å²) >= 11 is 5.77. The van der Waals surface area contributed by atoms with E-state index in [9.17, 15) is 9.50 Å². The highest BCUT2D eigenvalue weighted by atomic mass is 35.5. The van der Waals surface area contributed by atoms with Gasteiger partial charge in [0.2, 0.25) is 0 Å². The van der Waals surface area contributed by atoms with Gasteiger partial charge in [-0.15, -0.1) is 0 Å². The Hall–Kier alpha value is -0.940. The van der Waals surface area contributed by atoms with Crippen molar-refractivity contribution in [2.24, 2.45) is 5.92 Å². The minimum Gasteiger partial charge on any atom is -0.390 e. The Labute approximate surface area is 104 Å². The first-order chi connectivity index (χ1) is 7.88. The molecule has 1 aliphatic heterocycles. The minimum absolute atomic E-state index is 0.224. The van der Waals surface area contributed by atoms with E-state index in [4.69, 9.17) is 11.6 Å². The molecule has 1 fully saturated rings. The Balaban J connectivity index is 2.17. The van der Waals surface area contributed by atoms with E-state index in [2.05, 4.69) is 9.97 Å². The summed E-state index contributed by atoms with van der Waals surface area (Å²) in [6.45, 7) is 3.90. The number of aromatic nitrogens is 2. The summed E-state index contributed by atoms with van der Waals surface area (Å²) in [5.41, 5.74) is -1.04. The molecule has 0 aromatic carbocycles. The highest BCUT2D eigenvalue weighted by Crippen LogP contribution is 2.32. The van der Waals surface area contributed by atoms with Crippen LogP contribution >= 0.6 is 11.6 Å². The molecule has 0 aliphatic carbocycles. The number of aliphatic hydroxyl groups is 1. The number of alkyl halides is 1. The van der Waals surface area contributed by atoms with Crippen LogP contribution in [0, 0.1) is 5.92 Å². The fraction of sp³-hybridized carbons (Fsp3) is 0.636. The van der Waals surface area contributed by atoms with Crippen LogP contribution in [0.25, 0.3) is 0 Å². The van der Waals surface area contributed by atoms with E-state index in [1.807, 2.05) is 0 Å². The van der Waals surface area contributed by atoms with E-state index in [0.717, 1.165) is 0 Å². The van der Waals surface area contributed by atoms with Crippen LogP contribution in [0.4, 0.5) is 10.2 Å². The molecule has 94 valence electrons. The second kappa shape index (κ2) is 4.38. The molecule has 1 N–H and O–H groups in total. The lowest BCUT2D eigenvalue weighted by molar-refractivity contribution is -0.000240. The molecule has 4 nitrogen and oxygen atoms in total. The molecule has 2 rings (SSSR count). The predicted octanol–water partition coefficient (Wildman–Crippen LogP) is 1.68. The second-order valence-electron chi connectivity index (χ2n) is 4.88. The largest absolute Gasteiger partial charge is 0.390 e. The molecule has 2 atom stereocenters. The Morgan fingerprint density at radius 1 is 1.47 bits per heavy atom. The van der Waals surface area contributed by atoms with Gasteiger partial charge in [0.15, 0.2) is 0 Å². The summed E-state index contributed by atoms with van der Waals surface area (Å²) in [4.78, 5) is 9.62. The van der Waals surface area contributed by atoms with Crippen molar-refractivity contribution in [1.82, 2.24) is 9.97 Å². The molecule has 0 saturated carbocycles. The quantitative estimate of drug-likeness (QED) is 0.821. The van der Waals surface area contributed by atoms with Crippen LogP contribution in [-0.4, -0.2) is 39.9 Å². The molecule has 0 amide bonds. The molecular formula is C11H15ClFN3O. The van der Waals surface area contributed by atoms with Crippen molar-refractivity contribution in [3.63, 3.8) is 0 Å². The molecule has 1 aromatic rings. The van der Waals surface area contributed by atoms with Crippen molar-refractivity contribution < 1.29 is 9.50 Å². The summed E-state index contributed by atoms with van der Waals surface area (Å²) in [5, 5.41) is 10.2. The molecule has 2 heterocycles. The van der Waals surface area contributed by atoms with Crippen LogP contribution in [0.5, 0.6) is 0 Å². The first-order valence-corrected chi connectivity index (χ1v) is 5.84. The molecule has 0 radical (unpaired) electrons. The Morgan fingerprint density at radius 3 is 2.71 bits per heavy atom. The normalized spacial score (nSPS) is 25.4. The van der Waals surface area contributed by atoms with Gasteiger partial charge in [-0.3, -0.25) is 0 Å². The molecule has 0 spiro atoms. The van der Waals surface area contributed by atoms with E-state index >= 15 is 0 Å². The fourth-order valence-corrected chi connectivity index (χ4v) is 2.26. The van der Waals surface area contributed by atoms with E-state index in [1.54, 1.807) is 24.8 Å². The lowest BCUT2D eigenvalue weighted by atomic mass is 9.89. The summed E-state index contributed by atoms with van der Waals surface area (Å²) < 4.78 is 13.8. The highest BCUT2D eigenvalue weighted by molar-refractivity contribution is 6.29. The summed E-state index contributed by atoms with van der Waals surface area (Å²) in [5.74, 6) is 0.177. The zero-order valence-corrected chi connectivity index (χ0v) is 10.5. The third-order valence-corrected chi connectivity index (χ3v) is 3.31. The van der Waals surface area contributed by atoms with E-state index in [1.165, 1.54) is 6.33 Å². The van der Waals surface area contributed by atoms with Gasteiger partial charge in [0, 0.05) is 18.5 Å². The van der Waals surface area contributed by atoms with E-state index in [0.29, 0.717) is 17.5 Å². The Bertz CT molecular complexity index is 410. The first kappa shape index (κ1) is 12.5. The zero-order valence-electron chi connectivity index (χ0n) is 9.77. The first-order valence-electron chi connectivity index (χ1n) is 5.47. The highest BCUT2D eigenvalue weighted by Gasteiger charge is 2.42. The van der Waals surface area contributed by atoms with Crippen LogP contribution < -0.4 is 4.90 Å². The average Bonchev–Trinajstić information content (AvgIpc) is 2.60. The fourth-order valence-electron chi connectivity index (χ4n) is 2.11. The molecule has 1 aliphatic rings. The van der Waals surface area contributed by atoms with Crippen LogP contribution in [0.15, 0.2) is 12.4 Å². The standard InChI is InChI=1S/C11H15ClFN3O/c1-11(2,17)7-4-16(5-8(7)13)10-3-9(12)14-6-15-10/h3,6-8,17H,4-5H2,1-2H3. The number of anilines is 1. The van der Waals surface area contributed by atoms with Gasteiger partial charge in [-0.25, -0.2) is 14.4 Å². The molecule has 1 saturated heterocycles. The van der Waals surface area contributed by atoms with Crippen LogP contribution in [-0.2, 0) is 0 Å². The Morgan fingerprint density at radius 2 is 2.18 bits per heavy atom. The van der Waals surface area contributed by atoms with Gasteiger partial charge < -0.3 is 10.0 Å². The lowest BCUT2D eigenvalue weighted by Gasteiger charge is -2.26. The SMILES string of the molecule is CC(C)(O)C1CN(c2cc(Cl)ncn2)CC1F. The predicted molar refractivity (Wildman–Crippen MR) is 63.9 cm³/mol. The van der Waals surface area contributed by atoms with Crippen LogP contribution in [0.2, 0.25) is 5.15 Å². The maximum Gasteiger partial charge on any atom is 0.134 e. The minimum atomic E-state index is -1.07. The van der Waals surface area contributed by atoms with Gasteiger partial charge in [0.25, 0.3) is 0 Å². The monoisotopic (exact) mass is 259 g/mol. The lowest BCUT2D eigenvalue weighted by Crippen LogP contribution is -2.37. The molecule has 6 heteroatoms. The summed E-state index contributed by atoms with van der Waals surface area (Å²) in [6, 6.07) is 1.60. The maximum atomic E-state index is 13.8. The molecule has 17 heavy (non-hydrogen) atoms. The van der Waals surface area contributed by atoms with Gasteiger partial charge in [0.05, 0.1) is 12.1 Å². The van der Waals surface area contributed by atoms with Gasteiger partial charge in [-0.2, -0.15) is 0 Å². The van der Waals surface area contributed by atoms with Crippen molar-refractivity contribution in [3.8, 4) is 0 Å². The van der Waals surface area contributed by atoms with Gasteiger partial charge in [0.1, 0.15) is 23.5 Å². The zero-order chi connectivity index (χ0) is 12.6. The van der Waals surface area contributed by atoms with Gasteiger partial charge in [-0.1, -0.05) is 11.6 Å². The van der Waals surface area contributed by atoms with Crippen molar-refractivity contribution in [1.29, 1.82) is 0 Å². The van der Waals surface area contributed by atoms with E-state index in [-0.39, 0.29) is 6.54 Å². The second-order valence-corrected chi connectivity index (χ2v) is 5.27. The van der Waals surface area contributed by atoms with Crippen molar-refractivity contribution in [3.05, 3.63) is 17.5 Å². The van der Waals surface area contributed by atoms with Crippen LogP contribution in [0.3, 0.4) is 0 Å². The maximum absolute atomic E-state index is 13.8. The van der Waals surface area contributed by atoms with Crippen LogP contribution in [0.1, 0.15) is 13.8 Å². The van der Waals surface area contributed by atoms with Crippen molar-refractivity contribution >= 4 is 17.4 Å². The number of nitrogens with zero attached hydrogens (tertiary/aromatic N) is 3. The number of hydrogen-bond donors (Lipinski definition) is 1. The molecule has 0 bridgehead atoms. The third-order valence-electron chi connectivity index (χ3n) is 3.10. The smallest absolute Gasteiger partial charge is 0.134 e. The average molecular weight is 260 g/mol. The summed E-state index contributed by atoms with van der Waals surface area (Å²) in [7, 11) is 0. The number of halogens is 2. The van der Waals surface area contributed by atoms with Gasteiger partial charge in [-0.05, 0) is 13.8 Å². The van der Waals surface area contributed by atoms with Gasteiger partial charge >= 0.3 is 0 Å². The van der Waals surface area contributed by atoms with Crippen molar-refractivity contribution in [2.45, 2.75) is 25.6 Å². The number of rotatable bonds is 2. The van der Waals surface area contributed by atoms with Crippen molar-refractivity contribution in [2.75, 3.05) is 18.0 Å².